The molecule has 134 valence electrons. The Morgan fingerprint density at radius 3 is 3.00 bits per heavy atom. The number of hydrogen-bond donors (Lipinski definition) is 1. The van der Waals surface area contributed by atoms with E-state index in [0.29, 0.717) is 31.3 Å². The average molecular weight is 346 g/mol. The molecular formula is C15H22N8O2. The lowest BCUT2D eigenvalue weighted by Crippen LogP contribution is -2.32. The fraction of sp³-hybridized carbons (Fsp3) is 0.600. The molecule has 0 spiro atoms. The Morgan fingerprint density at radius 1 is 1.44 bits per heavy atom. The molecule has 1 amide bonds. The van der Waals surface area contributed by atoms with Crippen LogP contribution in [0, 0.1) is 12.8 Å². The summed E-state index contributed by atoms with van der Waals surface area (Å²) in [6, 6.07) is 1.60. The van der Waals surface area contributed by atoms with Crippen LogP contribution in [0.25, 0.3) is 0 Å². The van der Waals surface area contributed by atoms with E-state index in [1.165, 1.54) is 4.68 Å². The highest BCUT2D eigenvalue weighted by molar-refractivity contribution is 5.75. The van der Waals surface area contributed by atoms with Crippen LogP contribution in [0.4, 0.5) is 5.69 Å². The molecule has 1 aliphatic rings. The molecule has 2 aromatic heterocycles. The third-order valence-corrected chi connectivity index (χ3v) is 4.45. The normalized spacial score (nSPS) is 17.0. The van der Waals surface area contributed by atoms with E-state index >= 15 is 0 Å². The van der Waals surface area contributed by atoms with Gasteiger partial charge in [0.15, 0.2) is 0 Å². The summed E-state index contributed by atoms with van der Waals surface area (Å²) >= 11 is 0. The third kappa shape index (κ3) is 4.20. The van der Waals surface area contributed by atoms with Crippen LogP contribution in [0.5, 0.6) is 0 Å². The minimum atomic E-state index is -0.118. The van der Waals surface area contributed by atoms with Crippen molar-refractivity contribution in [2.45, 2.75) is 26.3 Å². The predicted octanol–water partition coefficient (Wildman–Crippen LogP) is -0.892. The van der Waals surface area contributed by atoms with Crippen LogP contribution < -0.4 is 15.8 Å². The summed E-state index contributed by atoms with van der Waals surface area (Å²) in [5.41, 5.74) is 0.721. The second-order valence-electron chi connectivity index (χ2n) is 6.28. The minimum absolute atomic E-state index is 0.0106. The largest absolute Gasteiger partial charge is 0.370 e. The quantitative estimate of drug-likeness (QED) is 0.722. The van der Waals surface area contributed by atoms with Crippen LogP contribution in [0.3, 0.4) is 0 Å². The monoisotopic (exact) mass is 346 g/mol. The molecule has 1 aliphatic heterocycles. The maximum atomic E-state index is 12.0. The highest BCUT2D eigenvalue weighted by Gasteiger charge is 2.23. The summed E-state index contributed by atoms with van der Waals surface area (Å²) in [6.07, 6.45) is 3.03. The fourth-order valence-electron chi connectivity index (χ4n) is 2.88. The second kappa shape index (κ2) is 7.41. The van der Waals surface area contributed by atoms with Crippen molar-refractivity contribution >= 4 is 11.6 Å². The van der Waals surface area contributed by atoms with Gasteiger partial charge in [-0.3, -0.25) is 9.59 Å². The van der Waals surface area contributed by atoms with Crippen molar-refractivity contribution in [1.29, 1.82) is 0 Å². The van der Waals surface area contributed by atoms with Gasteiger partial charge in [-0.05, 0) is 29.7 Å². The van der Waals surface area contributed by atoms with Gasteiger partial charge in [0.1, 0.15) is 5.82 Å². The van der Waals surface area contributed by atoms with E-state index in [-0.39, 0.29) is 11.5 Å². The lowest BCUT2D eigenvalue weighted by Gasteiger charge is -2.18. The number of carbonyl (C=O) groups is 1. The zero-order valence-electron chi connectivity index (χ0n) is 14.4. The van der Waals surface area contributed by atoms with Crippen LogP contribution in [-0.4, -0.2) is 55.5 Å². The third-order valence-electron chi connectivity index (χ3n) is 4.45. The van der Waals surface area contributed by atoms with Gasteiger partial charge < -0.3 is 10.2 Å². The van der Waals surface area contributed by atoms with E-state index in [1.54, 1.807) is 30.9 Å². The van der Waals surface area contributed by atoms with Crippen molar-refractivity contribution in [3.05, 3.63) is 28.4 Å². The highest BCUT2D eigenvalue weighted by Crippen LogP contribution is 2.21. The Hall–Kier alpha value is -2.78. The van der Waals surface area contributed by atoms with Crippen molar-refractivity contribution < 1.29 is 4.79 Å². The summed E-state index contributed by atoms with van der Waals surface area (Å²) in [7, 11) is 1.63. The van der Waals surface area contributed by atoms with Gasteiger partial charge in [0.05, 0.1) is 18.4 Å². The van der Waals surface area contributed by atoms with E-state index in [9.17, 15) is 9.59 Å². The summed E-state index contributed by atoms with van der Waals surface area (Å²) < 4.78 is 2.92. The number of anilines is 1. The molecule has 1 N–H and O–H groups in total. The maximum Gasteiger partial charge on any atom is 0.268 e. The molecule has 25 heavy (non-hydrogen) atoms. The predicted molar refractivity (Wildman–Crippen MR) is 90.0 cm³/mol. The first-order chi connectivity index (χ1) is 12.0. The highest BCUT2D eigenvalue weighted by atomic mass is 16.1. The van der Waals surface area contributed by atoms with Crippen LogP contribution in [0.2, 0.25) is 0 Å². The Morgan fingerprint density at radius 2 is 2.28 bits per heavy atom. The Balaban J connectivity index is 1.43. The van der Waals surface area contributed by atoms with Crippen molar-refractivity contribution in [3.63, 3.8) is 0 Å². The van der Waals surface area contributed by atoms with Crippen LogP contribution >= 0.6 is 0 Å². The molecule has 0 aromatic carbocycles. The van der Waals surface area contributed by atoms with Crippen molar-refractivity contribution in [3.8, 4) is 0 Å². The number of aromatic nitrogens is 6. The first-order valence-corrected chi connectivity index (χ1v) is 8.30. The van der Waals surface area contributed by atoms with Gasteiger partial charge in [-0.15, -0.1) is 5.10 Å². The number of nitrogens with zero attached hydrogens (tertiary/aromatic N) is 7. The number of carbonyl (C=O) groups excluding carboxylic acids is 1. The molecule has 0 bridgehead atoms. The minimum Gasteiger partial charge on any atom is -0.370 e. The molecule has 10 heteroatoms. The maximum absolute atomic E-state index is 12.0. The molecule has 0 saturated carbocycles. The van der Waals surface area contributed by atoms with Crippen molar-refractivity contribution in [2.75, 3.05) is 24.5 Å². The number of rotatable bonds is 6. The zero-order chi connectivity index (χ0) is 17.8. The molecule has 1 fully saturated rings. The van der Waals surface area contributed by atoms with E-state index in [2.05, 4.69) is 30.8 Å². The van der Waals surface area contributed by atoms with Gasteiger partial charge >= 0.3 is 0 Å². The van der Waals surface area contributed by atoms with Crippen molar-refractivity contribution in [1.82, 2.24) is 35.3 Å². The molecule has 0 aliphatic carbocycles. The fourth-order valence-corrected chi connectivity index (χ4v) is 2.88. The molecule has 3 heterocycles. The Bertz CT molecular complexity index is 799. The molecule has 1 saturated heterocycles. The lowest BCUT2D eigenvalue weighted by molar-refractivity contribution is -0.121. The number of amides is 1. The topological polar surface area (TPSA) is 111 Å². The van der Waals surface area contributed by atoms with Gasteiger partial charge in [-0.1, -0.05) is 0 Å². The Labute approximate surface area is 144 Å². The molecule has 3 rings (SSSR count). The summed E-state index contributed by atoms with van der Waals surface area (Å²) in [5.74, 6) is 1.05. The van der Waals surface area contributed by atoms with Gasteiger partial charge in [0.2, 0.25) is 5.91 Å². The first kappa shape index (κ1) is 17.1. The second-order valence-corrected chi connectivity index (χ2v) is 6.28. The van der Waals surface area contributed by atoms with Gasteiger partial charge in [0, 0.05) is 39.2 Å². The number of nitrogens with one attached hydrogen (secondary N) is 1. The summed E-state index contributed by atoms with van der Waals surface area (Å²) in [5, 5.41) is 18.2. The molecular weight excluding hydrogens is 324 g/mol. The van der Waals surface area contributed by atoms with Gasteiger partial charge in [-0.2, -0.15) is 5.10 Å². The number of tetrazole rings is 1. The Kier molecular flexibility index (Phi) is 5.05. The van der Waals surface area contributed by atoms with Crippen LogP contribution in [0.15, 0.2) is 17.1 Å². The molecule has 2 aromatic rings. The molecule has 1 atom stereocenters. The average Bonchev–Trinajstić information content (AvgIpc) is 3.22. The summed E-state index contributed by atoms with van der Waals surface area (Å²) in [4.78, 5) is 25.8. The lowest BCUT2D eigenvalue weighted by atomic mass is 10.1. The van der Waals surface area contributed by atoms with E-state index in [1.807, 2.05) is 0 Å². The van der Waals surface area contributed by atoms with Gasteiger partial charge in [0.25, 0.3) is 5.56 Å². The van der Waals surface area contributed by atoms with E-state index < -0.39 is 0 Å². The van der Waals surface area contributed by atoms with Crippen molar-refractivity contribution in [2.24, 2.45) is 13.0 Å². The van der Waals surface area contributed by atoms with Crippen LogP contribution in [0.1, 0.15) is 18.7 Å². The first-order valence-electron chi connectivity index (χ1n) is 8.30. The van der Waals surface area contributed by atoms with E-state index in [4.69, 9.17) is 0 Å². The molecule has 10 nitrogen and oxygen atoms in total. The molecule has 0 unspecified atom stereocenters. The van der Waals surface area contributed by atoms with E-state index in [0.717, 1.165) is 25.2 Å². The van der Waals surface area contributed by atoms with Crippen LogP contribution in [-0.2, 0) is 18.4 Å². The number of aryl methyl sites for hydroxylation is 3. The standard InChI is InChI=1S/C15H22N8O2/c1-11-18-19-20-23(11)6-4-14(24)16-8-12-3-5-22(10-12)13-7-15(25)21(2)17-9-13/h7,9,12H,3-6,8,10H2,1-2H3,(H,16,24)/t12-/m1/s1. The van der Waals surface area contributed by atoms with Gasteiger partial charge in [-0.25, -0.2) is 9.36 Å². The zero-order valence-corrected chi connectivity index (χ0v) is 14.4. The number of hydrogen-bond acceptors (Lipinski definition) is 7. The SMILES string of the molecule is Cc1nnnn1CCC(=O)NC[C@H]1CCN(c2cnn(C)c(=O)c2)C1. The molecule has 0 radical (unpaired) electrons. The smallest absolute Gasteiger partial charge is 0.268 e. The summed E-state index contributed by atoms with van der Waals surface area (Å²) in [6.45, 7) is 4.57.